The van der Waals surface area contributed by atoms with Crippen molar-refractivity contribution in [3.8, 4) is 5.69 Å². The number of rotatable bonds is 4. The van der Waals surface area contributed by atoms with Gasteiger partial charge in [-0.25, -0.2) is 9.07 Å². The van der Waals surface area contributed by atoms with Gasteiger partial charge in [-0.05, 0) is 49.1 Å². The highest BCUT2D eigenvalue weighted by Crippen LogP contribution is 2.21. The van der Waals surface area contributed by atoms with E-state index in [9.17, 15) is 14.0 Å². The number of carboxylic acids is 1. The Balaban J connectivity index is 1.64. The molecule has 24 heavy (non-hydrogen) atoms. The minimum Gasteiger partial charge on any atom is -0.481 e. The maximum absolute atomic E-state index is 13.0. The molecule has 0 unspecified atom stereocenters. The quantitative estimate of drug-likeness (QED) is 0.933. The van der Waals surface area contributed by atoms with Crippen molar-refractivity contribution in [2.24, 2.45) is 5.92 Å². The predicted molar refractivity (Wildman–Crippen MR) is 84.4 cm³/mol. The van der Waals surface area contributed by atoms with E-state index in [-0.39, 0.29) is 24.1 Å². The van der Waals surface area contributed by atoms with E-state index in [4.69, 9.17) is 5.11 Å². The first-order chi connectivity index (χ1) is 11.5. The van der Waals surface area contributed by atoms with Crippen LogP contribution >= 0.6 is 0 Å². The van der Waals surface area contributed by atoms with Crippen molar-refractivity contribution in [2.45, 2.75) is 19.3 Å². The van der Waals surface area contributed by atoms with Gasteiger partial charge in [0.2, 0.25) is 0 Å². The fourth-order valence-corrected chi connectivity index (χ4v) is 2.92. The van der Waals surface area contributed by atoms with Crippen molar-refractivity contribution in [3.05, 3.63) is 48.0 Å². The topological polar surface area (TPSA) is 75.4 Å². The fraction of sp³-hybridized carbons (Fsp3) is 0.353. The summed E-state index contributed by atoms with van der Waals surface area (Å²) in [5, 5.41) is 13.1. The summed E-state index contributed by atoms with van der Waals surface area (Å²) in [6.07, 6.45) is 3.20. The normalized spacial score (nSPS) is 15.5. The molecule has 1 amide bonds. The number of nitrogens with zero attached hydrogens (tertiary/aromatic N) is 3. The Hall–Kier alpha value is -2.70. The molecule has 126 valence electrons. The van der Waals surface area contributed by atoms with Crippen LogP contribution in [-0.2, 0) is 4.79 Å². The molecule has 1 aromatic carbocycles. The Kier molecular flexibility index (Phi) is 4.59. The molecule has 0 bridgehead atoms. The molecule has 6 nitrogen and oxygen atoms in total. The molecule has 0 spiro atoms. The molecule has 0 atom stereocenters. The molecule has 3 rings (SSSR count). The van der Waals surface area contributed by atoms with Crippen molar-refractivity contribution < 1.29 is 19.1 Å². The number of aromatic nitrogens is 2. The number of amides is 1. The second-order valence-corrected chi connectivity index (χ2v) is 5.96. The van der Waals surface area contributed by atoms with E-state index in [1.165, 1.54) is 16.8 Å². The summed E-state index contributed by atoms with van der Waals surface area (Å²) in [5.41, 5.74) is 1.01. The monoisotopic (exact) mass is 331 g/mol. The van der Waals surface area contributed by atoms with Crippen molar-refractivity contribution in [3.63, 3.8) is 0 Å². The van der Waals surface area contributed by atoms with E-state index in [2.05, 4.69) is 5.10 Å². The lowest BCUT2D eigenvalue weighted by Gasteiger charge is -2.30. The number of hydrogen-bond acceptors (Lipinski definition) is 3. The van der Waals surface area contributed by atoms with Crippen LogP contribution in [-0.4, -0.2) is 44.8 Å². The van der Waals surface area contributed by atoms with Gasteiger partial charge >= 0.3 is 5.97 Å². The van der Waals surface area contributed by atoms with Gasteiger partial charge in [0.25, 0.3) is 5.91 Å². The second kappa shape index (κ2) is 6.82. The molecule has 0 saturated carbocycles. The Labute approximate surface area is 138 Å². The highest BCUT2D eigenvalue weighted by Gasteiger charge is 2.26. The number of benzene rings is 1. The number of piperidine rings is 1. The number of carbonyl (C=O) groups is 2. The number of halogens is 1. The Morgan fingerprint density at radius 2 is 1.83 bits per heavy atom. The van der Waals surface area contributed by atoms with Gasteiger partial charge in [-0.15, -0.1) is 0 Å². The first-order valence-electron chi connectivity index (χ1n) is 7.85. The molecule has 0 radical (unpaired) electrons. The van der Waals surface area contributed by atoms with Gasteiger partial charge in [-0.1, -0.05) is 0 Å². The van der Waals surface area contributed by atoms with Gasteiger partial charge in [0.15, 0.2) is 5.69 Å². The van der Waals surface area contributed by atoms with Crippen molar-refractivity contribution in [1.82, 2.24) is 14.7 Å². The fourth-order valence-electron chi connectivity index (χ4n) is 2.92. The van der Waals surface area contributed by atoms with Gasteiger partial charge in [-0.3, -0.25) is 9.59 Å². The molecule has 1 N–H and O–H groups in total. The number of carbonyl (C=O) groups excluding carboxylic acids is 1. The summed E-state index contributed by atoms with van der Waals surface area (Å²) < 4.78 is 14.5. The third kappa shape index (κ3) is 3.61. The summed E-state index contributed by atoms with van der Waals surface area (Å²) in [6, 6.07) is 7.49. The van der Waals surface area contributed by atoms with E-state index in [0.29, 0.717) is 37.3 Å². The van der Waals surface area contributed by atoms with Crippen molar-refractivity contribution >= 4 is 11.9 Å². The van der Waals surface area contributed by atoms with E-state index in [1.807, 2.05) is 0 Å². The van der Waals surface area contributed by atoms with Crippen molar-refractivity contribution in [1.29, 1.82) is 0 Å². The maximum atomic E-state index is 13.0. The van der Waals surface area contributed by atoms with E-state index < -0.39 is 5.97 Å². The molecule has 2 aromatic rings. The summed E-state index contributed by atoms with van der Waals surface area (Å²) in [6.45, 7) is 1.08. The highest BCUT2D eigenvalue weighted by atomic mass is 19.1. The first-order valence-corrected chi connectivity index (χ1v) is 7.85. The molecular formula is C17H18FN3O3. The van der Waals surface area contributed by atoms with Gasteiger partial charge in [0.05, 0.1) is 5.69 Å². The van der Waals surface area contributed by atoms with E-state index in [1.54, 1.807) is 29.3 Å². The second-order valence-electron chi connectivity index (χ2n) is 5.96. The molecule has 7 heteroatoms. The van der Waals surface area contributed by atoms with Gasteiger partial charge in [0, 0.05) is 25.7 Å². The van der Waals surface area contributed by atoms with Crippen LogP contribution in [0.1, 0.15) is 29.8 Å². The SMILES string of the molecule is O=C(O)CC1CCN(C(=O)c2ccn(-c3ccc(F)cc3)n2)CC1. The Morgan fingerprint density at radius 3 is 2.46 bits per heavy atom. The van der Waals surface area contributed by atoms with Gasteiger partial charge in [0.1, 0.15) is 5.82 Å². The first kappa shape index (κ1) is 16.2. The number of aliphatic carboxylic acids is 1. The highest BCUT2D eigenvalue weighted by molar-refractivity contribution is 5.92. The van der Waals surface area contributed by atoms with Gasteiger partial charge in [-0.2, -0.15) is 5.10 Å². The summed E-state index contributed by atoms with van der Waals surface area (Å²) in [7, 11) is 0. The number of carboxylic acid groups (broad SMARTS) is 1. The molecule has 0 aliphatic carbocycles. The average Bonchev–Trinajstić information content (AvgIpc) is 3.05. The molecule has 1 saturated heterocycles. The van der Waals surface area contributed by atoms with Crippen LogP contribution in [0.25, 0.3) is 5.69 Å². The smallest absolute Gasteiger partial charge is 0.303 e. The summed E-state index contributed by atoms with van der Waals surface area (Å²) >= 11 is 0. The molecule has 2 heterocycles. The lowest BCUT2D eigenvalue weighted by atomic mass is 9.93. The Bertz CT molecular complexity index is 734. The van der Waals surface area contributed by atoms with Crippen LogP contribution in [0.2, 0.25) is 0 Å². The van der Waals surface area contributed by atoms with E-state index >= 15 is 0 Å². The Morgan fingerprint density at radius 1 is 1.17 bits per heavy atom. The molecule has 1 aromatic heterocycles. The van der Waals surface area contributed by atoms with Crippen LogP contribution < -0.4 is 0 Å². The van der Waals surface area contributed by atoms with Crippen LogP contribution in [0, 0.1) is 11.7 Å². The average molecular weight is 331 g/mol. The van der Waals surface area contributed by atoms with E-state index in [0.717, 1.165) is 0 Å². The number of likely N-dealkylation sites (tertiary alicyclic amines) is 1. The maximum Gasteiger partial charge on any atom is 0.303 e. The van der Waals surface area contributed by atoms with Crippen LogP contribution in [0.5, 0.6) is 0 Å². The molecule has 1 aliphatic rings. The molecule has 1 aliphatic heterocycles. The minimum absolute atomic E-state index is 0.128. The van der Waals surface area contributed by atoms with Gasteiger partial charge < -0.3 is 10.0 Å². The zero-order chi connectivity index (χ0) is 17.1. The molecule has 1 fully saturated rings. The summed E-state index contributed by atoms with van der Waals surface area (Å²) in [5.74, 6) is -1.16. The van der Waals surface area contributed by atoms with Crippen LogP contribution in [0.4, 0.5) is 4.39 Å². The zero-order valence-corrected chi connectivity index (χ0v) is 13.1. The molecular weight excluding hydrogens is 313 g/mol. The minimum atomic E-state index is -0.794. The standard InChI is InChI=1S/C17H18FN3O3/c18-13-1-3-14(4-2-13)21-10-7-15(19-21)17(24)20-8-5-12(6-9-20)11-16(22)23/h1-4,7,10,12H,5-6,8-9,11H2,(H,22,23). The third-order valence-electron chi connectivity index (χ3n) is 4.26. The van der Waals surface area contributed by atoms with Crippen LogP contribution in [0.3, 0.4) is 0 Å². The predicted octanol–water partition coefficient (Wildman–Crippen LogP) is 2.34. The zero-order valence-electron chi connectivity index (χ0n) is 13.1. The van der Waals surface area contributed by atoms with Crippen molar-refractivity contribution in [2.75, 3.05) is 13.1 Å². The third-order valence-corrected chi connectivity index (χ3v) is 4.26. The largest absolute Gasteiger partial charge is 0.481 e. The summed E-state index contributed by atoms with van der Waals surface area (Å²) in [4.78, 5) is 25.0. The lowest BCUT2D eigenvalue weighted by molar-refractivity contribution is -0.138. The lowest BCUT2D eigenvalue weighted by Crippen LogP contribution is -2.39. The number of hydrogen-bond donors (Lipinski definition) is 1. The van der Waals surface area contributed by atoms with Crippen LogP contribution in [0.15, 0.2) is 36.5 Å².